The van der Waals surface area contributed by atoms with Crippen molar-refractivity contribution in [2.24, 2.45) is 0 Å². The lowest BCUT2D eigenvalue weighted by Crippen LogP contribution is -2.43. The highest BCUT2D eigenvalue weighted by Crippen LogP contribution is 2.29. The fourth-order valence-electron chi connectivity index (χ4n) is 2.93. The molecule has 1 aromatic carbocycles. The normalized spacial score (nSPS) is 13.5. The third kappa shape index (κ3) is 3.60. The average Bonchev–Trinajstić information content (AvgIpc) is 3.05. The Labute approximate surface area is 162 Å². The maximum absolute atomic E-state index is 12.3. The van der Waals surface area contributed by atoms with E-state index < -0.39 is 0 Å². The minimum atomic E-state index is 0.159. The van der Waals surface area contributed by atoms with Gasteiger partial charge in [-0.25, -0.2) is 0 Å². The van der Waals surface area contributed by atoms with Gasteiger partial charge in [0, 0.05) is 31.0 Å². The third-order valence-electron chi connectivity index (χ3n) is 4.85. The Kier molecular flexibility index (Phi) is 4.94. The van der Waals surface area contributed by atoms with E-state index in [-0.39, 0.29) is 5.91 Å². The van der Waals surface area contributed by atoms with Gasteiger partial charge in [0.15, 0.2) is 11.0 Å². The lowest BCUT2D eigenvalue weighted by molar-refractivity contribution is -0.131. The summed E-state index contributed by atoms with van der Waals surface area (Å²) < 4.78 is 2.02. The predicted molar refractivity (Wildman–Crippen MR) is 106 cm³/mol. The predicted octanol–water partition coefficient (Wildman–Crippen LogP) is 3.27. The Bertz CT molecular complexity index is 966. The molecule has 1 amide bonds. The van der Waals surface area contributed by atoms with Crippen molar-refractivity contribution >= 4 is 17.7 Å². The molecule has 1 aliphatic rings. The van der Waals surface area contributed by atoms with E-state index in [9.17, 15) is 4.79 Å². The topological polar surface area (TPSA) is 63.9 Å². The number of pyridine rings is 1. The number of carbonyl (C=O) groups excluding carboxylic acids is 1. The molecule has 0 unspecified atom stereocenters. The molecule has 4 rings (SSSR count). The van der Waals surface area contributed by atoms with Crippen molar-refractivity contribution in [3.63, 3.8) is 0 Å². The number of hydrogen-bond donors (Lipinski definition) is 0. The van der Waals surface area contributed by atoms with Crippen LogP contribution in [-0.2, 0) is 4.79 Å². The van der Waals surface area contributed by atoms with Crippen LogP contribution in [0.4, 0.5) is 0 Å². The first-order chi connectivity index (χ1) is 13.1. The Morgan fingerprint density at radius 1 is 1.07 bits per heavy atom. The van der Waals surface area contributed by atoms with E-state index in [2.05, 4.69) is 47.2 Å². The van der Waals surface area contributed by atoms with Gasteiger partial charge in [0.1, 0.15) is 0 Å². The van der Waals surface area contributed by atoms with Crippen LogP contribution >= 0.6 is 11.8 Å². The standard InChI is InChI=1S/C20H21N5OS/c1-14-4-5-17(12-15(14)2)25-19(16-6-8-21-9-7-16)22-23-20(25)27-13-18(26)24-10-3-11-24/h4-9,12H,3,10-11,13H2,1-2H3. The first-order valence-electron chi connectivity index (χ1n) is 8.97. The molecule has 0 atom stereocenters. The molecule has 138 valence electrons. The summed E-state index contributed by atoms with van der Waals surface area (Å²) in [4.78, 5) is 18.2. The number of nitrogens with zero attached hydrogens (tertiary/aromatic N) is 5. The fourth-order valence-corrected chi connectivity index (χ4v) is 3.79. The first-order valence-corrected chi connectivity index (χ1v) is 9.96. The van der Waals surface area contributed by atoms with Crippen LogP contribution < -0.4 is 0 Å². The summed E-state index contributed by atoms with van der Waals surface area (Å²) in [6.07, 6.45) is 4.59. The van der Waals surface area contributed by atoms with E-state index in [0.29, 0.717) is 5.75 Å². The Morgan fingerprint density at radius 3 is 2.52 bits per heavy atom. The molecular formula is C20H21N5OS. The quantitative estimate of drug-likeness (QED) is 0.637. The summed E-state index contributed by atoms with van der Waals surface area (Å²) in [5.74, 6) is 1.28. The van der Waals surface area contributed by atoms with E-state index in [0.717, 1.165) is 41.7 Å². The molecule has 1 aliphatic heterocycles. The van der Waals surface area contributed by atoms with Gasteiger partial charge in [-0.1, -0.05) is 17.8 Å². The molecule has 0 spiro atoms. The summed E-state index contributed by atoms with van der Waals surface area (Å²) in [5, 5.41) is 9.51. The van der Waals surface area contributed by atoms with Crippen LogP contribution in [0, 0.1) is 13.8 Å². The molecule has 3 aromatic rings. The van der Waals surface area contributed by atoms with Crippen LogP contribution in [0.15, 0.2) is 47.9 Å². The van der Waals surface area contributed by atoms with Gasteiger partial charge in [0.05, 0.1) is 11.4 Å². The number of aryl methyl sites for hydroxylation is 2. The third-order valence-corrected chi connectivity index (χ3v) is 5.77. The number of rotatable bonds is 5. The fraction of sp³-hybridized carbons (Fsp3) is 0.300. The van der Waals surface area contributed by atoms with Crippen molar-refractivity contribution in [2.45, 2.75) is 25.4 Å². The Morgan fingerprint density at radius 2 is 1.85 bits per heavy atom. The van der Waals surface area contributed by atoms with Gasteiger partial charge in [-0.05, 0) is 55.7 Å². The highest BCUT2D eigenvalue weighted by molar-refractivity contribution is 7.99. The molecule has 1 fully saturated rings. The largest absolute Gasteiger partial charge is 0.342 e. The SMILES string of the molecule is Cc1ccc(-n2c(SCC(=O)N3CCC3)nnc2-c2ccncc2)cc1C. The molecule has 0 saturated carbocycles. The van der Waals surface area contributed by atoms with E-state index in [1.54, 1.807) is 12.4 Å². The van der Waals surface area contributed by atoms with Crippen molar-refractivity contribution in [1.29, 1.82) is 0 Å². The van der Waals surface area contributed by atoms with Crippen LogP contribution in [0.3, 0.4) is 0 Å². The van der Waals surface area contributed by atoms with Crippen LogP contribution in [-0.4, -0.2) is 49.4 Å². The molecule has 3 heterocycles. The van der Waals surface area contributed by atoms with Gasteiger partial charge < -0.3 is 4.90 Å². The van der Waals surface area contributed by atoms with Gasteiger partial charge in [-0.3, -0.25) is 14.3 Å². The van der Waals surface area contributed by atoms with Gasteiger partial charge in [-0.2, -0.15) is 0 Å². The summed E-state index contributed by atoms with van der Waals surface area (Å²) in [5.41, 5.74) is 4.37. The van der Waals surface area contributed by atoms with Gasteiger partial charge in [-0.15, -0.1) is 10.2 Å². The zero-order valence-corrected chi connectivity index (χ0v) is 16.2. The number of likely N-dealkylation sites (tertiary alicyclic amines) is 1. The molecule has 1 saturated heterocycles. The maximum atomic E-state index is 12.3. The molecule has 0 bridgehead atoms. The number of carbonyl (C=O) groups is 1. The zero-order valence-electron chi connectivity index (χ0n) is 15.4. The lowest BCUT2D eigenvalue weighted by atomic mass is 10.1. The smallest absolute Gasteiger partial charge is 0.233 e. The summed E-state index contributed by atoms with van der Waals surface area (Å²) in [7, 11) is 0. The summed E-state index contributed by atoms with van der Waals surface area (Å²) >= 11 is 1.44. The minimum absolute atomic E-state index is 0.159. The van der Waals surface area contributed by atoms with E-state index >= 15 is 0 Å². The van der Waals surface area contributed by atoms with Crippen LogP contribution in [0.25, 0.3) is 17.1 Å². The highest BCUT2D eigenvalue weighted by Gasteiger charge is 2.22. The maximum Gasteiger partial charge on any atom is 0.233 e. The molecule has 0 aliphatic carbocycles. The number of aromatic nitrogens is 4. The van der Waals surface area contributed by atoms with Crippen LogP contribution in [0.1, 0.15) is 17.5 Å². The monoisotopic (exact) mass is 379 g/mol. The lowest BCUT2D eigenvalue weighted by Gasteiger charge is -2.30. The molecule has 0 radical (unpaired) electrons. The second-order valence-electron chi connectivity index (χ2n) is 6.67. The van der Waals surface area contributed by atoms with Crippen molar-refractivity contribution in [3.8, 4) is 17.1 Å². The van der Waals surface area contributed by atoms with Gasteiger partial charge in [0.2, 0.25) is 5.91 Å². The summed E-state index contributed by atoms with van der Waals surface area (Å²) in [6.45, 7) is 5.92. The second-order valence-corrected chi connectivity index (χ2v) is 7.61. The second kappa shape index (κ2) is 7.52. The van der Waals surface area contributed by atoms with Crippen molar-refractivity contribution in [3.05, 3.63) is 53.9 Å². The van der Waals surface area contributed by atoms with Crippen molar-refractivity contribution < 1.29 is 4.79 Å². The molecule has 27 heavy (non-hydrogen) atoms. The average molecular weight is 379 g/mol. The molecule has 2 aromatic heterocycles. The molecule has 6 nitrogen and oxygen atoms in total. The van der Waals surface area contributed by atoms with Crippen LogP contribution in [0.2, 0.25) is 0 Å². The number of amides is 1. The van der Waals surface area contributed by atoms with Crippen LogP contribution in [0.5, 0.6) is 0 Å². The minimum Gasteiger partial charge on any atom is -0.342 e. The van der Waals surface area contributed by atoms with E-state index in [4.69, 9.17) is 0 Å². The Balaban J connectivity index is 1.71. The highest BCUT2D eigenvalue weighted by atomic mass is 32.2. The Hall–Kier alpha value is -2.67. The number of hydrogen-bond acceptors (Lipinski definition) is 5. The van der Waals surface area contributed by atoms with Gasteiger partial charge >= 0.3 is 0 Å². The van der Waals surface area contributed by atoms with Gasteiger partial charge in [0.25, 0.3) is 0 Å². The number of thioether (sulfide) groups is 1. The van der Waals surface area contributed by atoms with Crippen molar-refractivity contribution in [2.75, 3.05) is 18.8 Å². The van der Waals surface area contributed by atoms with Crippen molar-refractivity contribution in [1.82, 2.24) is 24.6 Å². The number of benzene rings is 1. The first kappa shape index (κ1) is 17.7. The summed E-state index contributed by atoms with van der Waals surface area (Å²) in [6, 6.07) is 10.1. The van der Waals surface area contributed by atoms with E-state index in [1.807, 2.05) is 21.6 Å². The van der Waals surface area contributed by atoms with E-state index in [1.165, 1.54) is 22.9 Å². The molecular weight excluding hydrogens is 358 g/mol. The molecule has 0 N–H and O–H groups in total. The zero-order chi connectivity index (χ0) is 18.8. The molecule has 7 heteroatoms.